The molecule has 0 saturated carbocycles. The van der Waals surface area contributed by atoms with Gasteiger partial charge in [0.2, 0.25) is 0 Å². The summed E-state index contributed by atoms with van der Waals surface area (Å²) in [5.41, 5.74) is 0. The summed E-state index contributed by atoms with van der Waals surface area (Å²) in [7, 11) is 0. The van der Waals surface area contributed by atoms with E-state index < -0.39 is 10.7 Å². The van der Waals surface area contributed by atoms with Gasteiger partial charge in [0.15, 0.2) is 0 Å². The first-order valence-electron chi connectivity index (χ1n) is 2.89. The summed E-state index contributed by atoms with van der Waals surface area (Å²) < 4.78 is 0.382. The predicted molar refractivity (Wildman–Crippen MR) is 44.1 cm³/mol. The van der Waals surface area contributed by atoms with Crippen molar-refractivity contribution in [3.63, 3.8) is 0 Å². The van der Waals surface area contributed by atoms with E-state index in [-0.39, 0.29) is 5.82 Å². The van der Waals surface area contributed by atoms with Crippen LogP contribution < -0.4 is 0 Å². The van der Waals surface area contributed by atoms with Crippen LogP contribution in [0.15, 0.2) is 11.6 Å². The summed E-state index contributed by atoms with van der Waals surface area (Å²) in [6, 6.07) is 0. The number of rotatable bonds is 2. The highest BCUT2D eigenvalue weighted by Crippen LogP contribution is 2.12. The van der Waals surface area contributed by atoms with Crippen LogP contribution in [0.4, 0.5) is 5.82 Å². The average Bonchev–Trinajstić information content (AvgIpc) is 2.34. The van der Waals surface area contributed by atoms with Crippen molar-refractivity contribution in [1.29, 1.82) is 0 Å². The van der Waals surface area contributed by atoms with Crippen LogP contribution in [0.3, 0.4) is 0 Å². The number of hydrogen-bond acceptors (Lipinski definition) is 5. The molecule has 1 heterocycles. The number of hydrogen-bond donors (Lipinski definition) is 2. The Hall–Kier alpha value is -1.50. The normalized spacial score (nSPS) is 10.8. The first-order valence-corrected chi connectivity index (χ1v) is 3.40. The smallest absolute Gasteiger partial charge is 0.358 e. The lowest BCUT2D eigenvalue weighted by atomic mass is 10.6. The minimum absolute atomic E-state index is 0.0664. The first-order chi connectivity index (χ1) is 5.66. The van der Waals surface area contributed by atoms with E-state index in [1.165, 1.54) is 11.5 Å². The number of aromatic nitrogens is 2. The van der Waals surface area contributed by atoms with Crippen LogP contribution in [0, 0.1) is 10.1 Å². The molecular weight excluding hydrogens is 182 g/mol. The van der Waals surface area contributed by atoms with Gasteiger partial charge in [-0.15, -0.1) is 0 Å². The van der Waals surface area contributed by atoms with Gasteiger partial charge in [0.25, 0.3) is 5.82 Å². The molecule has 0 amide bonds. The molecule has 7 heteroatoms. The minimum Gasteiger partial charge on any atom is -0.358 e. The fraction of sp³-hybridized carbons (Fsp3) is 0. The number of thiol groups is 1. The summed E-state index contributed by atoms with van der Waals surface area (Å²) in [6.07, 6.45) is 2.29. The molecule has 0 fully saturated rings. The van der Waals surface area contributed by atoms with Gasteiger partial charge in [-0.2, -0.15) is 12.6 Å². The first kappa shape index (κ1) is 8.60. The van der Waals surface area contributed by atoms with E-state index in [4.69, 9.17) is 5.21 Å². The van der Waals surface area contributed by atoms with Crippen LogP contribution in [0.2, 0.25) is 0 Å². The third-order valence-corrected chi connectivity index (χ3v) is 1.31. The highest BCUT2D eigenvalue weighted by atomic mass is 32.1. The van der Waals surface area contributed by atoms with Crippen LogP contribution in [0.1, 0.15) is 5.82 Å². The quantitative estimate of drug-likeness (QED) is 0.312. The summed E-state index contributed by atoms with van der Waals surface area (Å²) >= 11 is 3.73. The Morgan fingerprint density at radius 3 is 2.92 bits per heavy atom. The fourth-order valence-corrected chi connectivity index (χ4v) is 0.789. The van der Waals surface area contributed by atoms with Gasteiger partial charge >= 0.3 is 5.82 Å². The van der Waals surface area contributed by atoms with Gasteiger partial charge in [0, 0.05) is 6.08 Å². The zero-order valence-electron chi connectivity index (χ0n) is 5.78. The summed E-state index contributed by atoms with van der Waals surface area (Å²) in [5, 5.41) is 20.6. The van der Waals surface area contributed by atoms with E-state index in [1.54, 1.807) is 0 Å². The molecule has 0 unspecified atom stereocenters. The lowest BCUT2D eigenvalue weighted by Crippen LogP contribution is -1.99. The Labute approximate surface area is 72.7 Å². The third-order valence-electron chi connectivity index (χ3n) is 1.16. The van der Waals surface area contributed by atoms with E-state index >= 15 is 0 Å². The van der Waals surface area contributed by atoms with Crippen LogP contribution >= 0.6 is 12.6 Å². The van der Waals surface area contributed by atoms with Gasteiger partial charge in [-0.05, 0) is 15.1 Å². The molecule has 0 saturated heterocycles. The molecular formula is C5H5N3O3S. The highest BCUT2D eigenvalue weighted by molar-refractivity contribution is 7.83. The summed E-state index contributed by atoms with van der Waals surface area (Å²) in [6.45, 7) is 0. The molecule has 0 bridgehead atoms. The standard InChI is InChI=1S/C5H5N3O3S/c9-7-4(1-2-12)6-3-5(7)8(10)11/h1-3,9,12H/b2-1+. The second kappa shape index (κ2) is 3.26. The Bertz CT molecular complexity index is 333. The van der Waals surface area contributed by atoms with Gasteiger partial charge < -0.3 is 15.3 Å². The molecule has 1 aromatic heterocycles. The summed E-state index contributed by atoms with van der Waals surface area (Å²) in [5.74, 6) is -0.409. The van der Waals surface area contributed by atoms with E-state index in [9.17, 15) is 10.1 Å². The van der Waals surface area contributed by atoms with Crippen LogP contribution in [-0.4, -0.2) is 19.8 Å². The molecule has 0 radical (unpaired) electrons. The number of nitro groups is 1. The maximum absolute atomic E-state index is 10.2. The average molecular weight is 187 g/mol. The van der Waals surface area contributed by atoms with Gasteiger partial charge in [0.05, 0.1) is 0 Å². The zero-order chi connectivity index (χ0) is 9.14. The monoisotopic (exact) mass is 187 g/mol. The Balaban J connectivity index is 3.12. The van der Waals surface area contributed by atoms with Crippen molar-refractivity contribution >= 4 is 24.5 Å². The van der Waals surface area contributed by atoms with Crippen LogP contribution in [-0.2, 0) is 0 Å². The predicted octanol–water partition coefficient (Wildman–Crippen LogP) is 0.929. The molecule has 1 N–H and O–H groups in total. The molecule has 6 nitrogen and oxygen atoms in total. The van der Waals surface area contributed by atoms with E-state index in [1.807, 2.05) is 0 Å². The Morgan fingerprint density at radius 1 is 1.83 bits per heavy atom. The number of nitrogens with zero attached hydrogens (tertiary/aromatic N) is 3. The largest absolute Gasteiger partial charge is 0.382 e. The minimum atomic E-state index is -0.733. The van der Waals surface area contributed by atoms with Gasteiger partial charge in [-0.3, -0.25) is 0 Å². The molecule has 0 aromatic carbocycles. The molecule has 0 spiro atoms. The van der Waals surface area contributed by atoms with E-state index in [2.05, 4.69) is 17.6 Å². The topological polar surface area (TPSA) is 81.2 Å². The van der Waals surface area contributed by atoms with Crippen molar-refractivity contribution in [2.24, 2.45) is 0 Å². The van der Waals surface area contributed by atoms with E-state index in [0.717, 1.165) is 6.20 Å². The maximum Gasteiger partial charge on any atom is 0.382 e. The molecule has 64 valence electrons. The maximum atomic E-state index is 10.2. The molecule has 1 rings (SSSR count). The highest BCUT2D eigenvalue weighted by Gasteiger charge is 2.16. The van der Waals surface area contributed by atoms with Crippen molar-refractivity contribution < 1.29 is 10.1 Å². The molecule has 12 heavy (non-hydrogen) atoms. The van der Waals surface area contributed by atoms with Crippen LogP contribution in [0.5, 0.6) is 0 Å². The van der Waals surface area contributed by atoms with Crippen LogP contribution in [0.25, 0.3) is 6.08 Å². The third kappa shape index (κ3) is 1.40. The molecule has 0 aliphatic rings. The van der Waals surface area contributed by atoms with Gasteiger partial charge in [-0.25, -0.2) is 4.98 Å². The van der Waals surface area contributed by atoms with E-state index in [0.29, 0.717) is 4.73 Å². The molecule has 1 aromatic rings. The lowest BCUT2D eigenvalue weighted by Gasteiger charge is -1.90. The Kier molecular flexibility index (Phi) is 2.34. The van der Waals surface area contributed by atoms with Crippen molar-refractivity contribution in [1.82, 2.24) is 9.71 Å². The molecule has 0 aliphatic heterocycles. The second-order valence-electron chi connectivity index (χ2n) is 1.86. The second-order valence-corrected chi connectivity index (χ2v) is 2.16. The summed E-state index contributed by atoms with van der Waals surface area (Å²) in [4.78, 5) is 13.0. The molecule has 0 aliphatic carbocycles. The van der Waals surface area contributed by atoms with Crippen molar-refractivity contribution in [3.05, 3.63) is 27.5 Å². The van der Waals surface area contributed by atoms with Crippen molar-refractivity contribution in [2.45, 2.75) is 0 Å². The van der Waals surface area contributed by atoms with Crippen molar-refractivity contribution in [2.75, 3.05) is 0 Å². The molecule has 0 atom stereocenters. The number of imidazole rings is 1. The van der Waals surface area contributed by atoms with Gasteiger partial charge in [-0.1, -0.05) is 0 Å². The lowest BCUT2D eigenvalue weighted by molar-refractivity contribution is -0.396. The Morgan fingerprint density at radius 2 is 2.50 bits per heavy atom. The SMILES string of the molecule is O=[N+]([O-])c1cnc(/C=C/S)n1O. The van der Waals surface area contributed by atoms with Crippen molar-refractivity contribution in [3.8, 4) is 0 Å². The zero-order valence-corrected chi connectivity index (χ0v) is 6.68. The fourth-order valence-electron chi connectivity index (χ4n) is 0.655. The van der Waals surface area contributed by atoms with Gasteiger partial charge in [0.1, 0.15) is 6.20 Å².